The van der Waals surface area contributed by atoms with Crippen molar-refractivity contribution in [1.82, 2.24) is 0 Å². The normalized spacial score (nSPS) is 11.7. The molecule has 0 aromatic heterocycles. The van der Waals surface area contributed by atoms with E-state index in [0.29, 0.717) is 0 Å². The Morgan fingerprint density at radius 2 is 2.20 bits per heavy atom. The molecule has 1 unspecified atom stereocenters. The number of carboxylic acids is 1. The summed E-state index contributed by atoms with van der Waals surface area (Å²) in [4.78, 5) is 9.81. The Hall–Kier alpha value is 0.283. The van der Waals surface area contributed by atoms with Crippen molar-refractivity contribution in [2.45, 2.75) is 6.42 Å². The smallest absolute Gasteiger partial charge is 0.305 e. The second-order valence-corrected chi connectivity index (χ2v) is 2.76. The number of carbonyl (C=O) groups is 1. The third-order valence-electron chi connectivity index (χ3n) is 0.621. The molecule has 0 aromatic rings. The minimum atomic E-state index is -1.94. The molecule has 0 fully saturated rings. The van der Waals surface area contributed by atoms with Crippen LogP contribution in [0.3, 0.4) is 0 Å². The largest absolute Gasteiger partial charge is 0.481 e. The summed E-state index contributed by atoms with van der Waals surface area (Å²) >= 11 is 0. The standard InChI is InChI=1S/C4H9O4P.Zn/c1-9(7)8-3-2-4(5)6;/h9H,2-3H2,1H3,(H,5,6);. The van der Waals surface area contributed by atoms with Gasteiger partial charge in [0.05, 0.1) is 13.0 Å². The molecule has 0 saturated heterocycles. The Balaban J connectivity index is 0. The molecule has 0 aliphatic rings. The number of aliphatic carboxylic acids is 1. The number of rotatable bonds is 4. The zero-order valence-electron chi connectivity index (χ0n) is 5.79. The molecule has 56 valence electrons. The van der Waals surface area contributed by atoms with Crippen molar-refractivity contribution in [3.05, 3.63) is 0 Å². The van der Waals surface area contributed by atoms with E-state index in [0.717, 1.165) is 0 Å². The molecule has 0 amide bonds. The summed E-state index contributed by atoms with van der Waals surface area (Å²) in [6.45, 7) is 1.47. The van der Waals surface area contributed by atoms with Crippen molar-refractivity contribution < 1.29 is 38.5 Å². The predicted molar refractivity (Wildman–Crippen MR) is 33.1 cm³/mol. The molecule has 6 heteroatoms. The summed E-state index contributed by atoms with van der Waals surface area (Å²) in [6, 6.07) is 0. The fourth-order valence-electron chi connectivity index (χ4n) is 0.282. The van der Waals surface area contributed by atoms with Crippen LogP contribution in [0, 0.1) is 0 Å². The maximum absolute atomic E-state index is 10.2. The first kappa shape index (κ1) is 12.9. The van der Waals surface area contributed by atoms with Crippen LogP contribution in [-0.2, 0) is 33.4 Å². The number of hydrogen-bond acceptors (Lipinski definition) is 3. The second kappa shape index (κ2) is 7.39. The van der Waals surface area contributed by atoms with E-state index in [1.165, 1.54) is 6.66 Å². The summed E-state index contributed by atoms with van der Waals surface area (Å²) in [5.41, 5.74) is 0. The average molecular weight is 217 g/mol. The summed E-state index contributed by atoms with van der Waals surface area (Å²) in [5, 5.41) is 8.06. The van der Waals surface area contributed by atoms with Gasteiger partial charge in [-0.1, -0.05) is 0 Å². The van der Waals surface area contributed by atoms with Crippen LogP contribution >= 0.6 is 8.03 Å². The molecule has 0 bridgehead atoms. The van der Waals surface area contributed by atoms with Crippen LogP contribution in [0.15, 0.2) is 0 Å². The van der Waals surface area contributed by atoms with Gasteiger partial charge in [0.1, 0.15) is 0 Å². The summed E-state index contributed by atoms with van der Waals surface area (Å²) in [7, 11) is -1.94. The molecule has 0 heterocycles. The molecule has 1 N–H and O–H groups in total. The summed E-state index contributed by atoms with van der Waals surface area (Å²) < 4.78 is 14.7. The van der Waals surface area contributed by atoms with E-state index in [1.54, 1.807) is 0 Å². The van der Waals surface area contributed by atoms with Gasteiger partial charge in [-0.25, -0.2) is 0 Å². The van der Waals surface area contributed by atoms with Gasteiger partial charge < -0.3 is 9.63 Å². The van der Waals surface area contributed by atoms with Gasteiger partial charge in [-0.05, 0) is 0 Å². The van der Waals surface area contributed by atoms with Crippen molar-refractivity contribution in [1.29, 1.82) is 0 Å². The van der Waals surface area contributed by atoms with Crippen LogP contribution in [0.4, 0.5) is 0 Å². The molecule has 0 radical (unpaired) electrons. The molecule has 0 aliphatic heterocycles. The Kier molecular flexibility index (Phi) is 9.55. The maximum atomic E-state index is 10.2. The van der Waals surface area contributed by atoms with Gasteiger partial charge in [-0.3, -0.25) is 9.36 Å². The first-order valence-corrected chi connectivity index (χ1v) is 4.29. The van der Waals surface area contributed by atoms with Crippen LogP contribution in [0.2, 0.25) is 0 Å². The minimum Gasteiger partial charge on any atom is -0.481 e. The fraction of sp³-hybridized carbons (Fsp3) is 0.750. The first-order chi connectivity index (χ1) is 4.13. The van der Waals surface area contributed by atoms with Gasteiger partial charge >= 0.3 is 5.97 Å². The van der Waals surface area contributed by atoms with Crippen molar-refractivity contribution in [3.63, 3.8) is 0 Å². The average Bonchev–Trinajstić information content (AvgIpc) is 1.63. The van der Waals surface area contributed by atoms with E-state index in [-0.39, 0.29) is 32.5 Å². The van der Waals surface area contributed by atoms with Gasteiger partial charge in [0, 0.05) is 26.1 Å². The molecule has 10 heavy (non-hydrogen) atoms. The molecule has 0 aromatic carbocycles. The van der Waals surface area contributed by atoms with E-state index in [4.69, 9.17) is 5.11 Å². The van der Waals surface area contributed by atoms with Crippen LogP contribution in [0.5, 0.6) is 0 Å². The van der Waals surface area contributed by atoms with Crippen molar-refractivity contribution >= 4 is 14.0 Å². The monoisotopic (exact) mass is 216 g/mol. The second-order valence-electron chi connectivity index (χ2n) is 1.48. The fourth-order valence-corrected chi connectivity index (χ4v) is 0.672. The van der Waals surface area contributed by atoms with E-state index in [2.05, 4.69) is 4.52 Å². The van der Waals surface area contributed by atoms with Crippen molar-refractivity contribution in [2.24, 2.45) is 0 Å². The zero-order chi connectivity index (χ0) is 7.28. The summed E-state index contributed by atoms with van der Waals surface area (Å²) in [5.74, 6) is -0.932. The Morgan fingerprint density at radius 3 is 2.50 bits per heavy atom. The minimum absolute atomic E-state index is 0. The van der Waals surface area contributed by atoms with Gasteiger partial charge in [0.15, 0.2) is 8.03 Å². The van der Waals surface area contributed by atoms with Crippen molar-refractivity contribution in [3.8, 4) is 0 Å². The van der Waals surface area contributed by atoms with E-state index in [1.807, 2.05) is 0 Å². The molecule has 0 aliphatic carbocycles. The van der Waals surface area contributed by atoms with Crippen LogP contribution < -0.4 is 0 Å². The maximum Gasteiger partial charge on any atom is 0.305 e. The van der Waals surface area contributed by atoms with Gasteiger partial charge in [-0.15, -0.1) is 0 Å². The van der Waals surface area contributed by atoms with E-state index in [9.17, 15) is 9.36 Å². The molecule has 0 saturated carbocycles. The summed E-state index contributed by atoms with van der Waals surface area (Å²) in [6.07, 6.45) is -0.0791. The van der Waals surface area contributed by atoms with Crippen LogP contribution in [-0.4, -0.2) is 24.3 Å². The molecule has 1 atom stereocenters. The third kappa shape index (κ3) is 11.1. The Labute approximate surface area is 72.6 Å². The predicted octanol–water partition coefficient (Wildman–Crippen LogP) is 0.580. The molecular formula is C4H9O4PZn. The first-order valence-electron chi connectivity index (χ1n) is 2.48. The number of hydrogen-bond donors (Lipinski definition) is 1. The Bertz CT molecular complexity index is 112. The Morgan fingerprint density at radius 1 is 1.70 bits per heavy atom. The van der Waals surface area contributed by atoms with E-state index >= 15 is 0 Å². The van der Waals surface area contributed by atoms with Crippen LogP contribution in [0.1, 0.15) is 6.42 Å². The SMILES string of the molecule is C[PH](=O)OCCC(=O)O.[Zn]. The molecular weight excluding hydrogens is 208 g/mol. The number of carboxylic acid groups (broad SMARTS) is 1. The molecule has 0 spiro atoms. The van der Waals surface area contributed by atoms with E-state index < -0.39 is 14.0 Å². The third-order valence-corrected chi connectivity index (χ3v) is 1.23. The quantitative estimate of drug-likeness (QED) is 0.553. The molecule has 0 rings (SSSR count). The van der Waals surface area contributed by atoms with Gasteiger partial charge in [0.2, 0.25) is 0 Å². The topological polar surface area (TPSA) is 63.6 Å². The van der Waals surface area contributed by atoms with Gasteiger partial charge in [-0.2, -0.15) is 0 Å². The van der Waals surface area contributed by atoms with Crippen molar-refractivity contribution in [2.75, 3.05) is 13.3 Å². The van der Waals surface area contributed by atoms with Gasteiger partial charge in [0.25, 0.3) is 0 Å². The van der Waals surface area contributed by atoms with Crippen LogP contribution in [0.25, 0.3) is 0 Å². The zero-order valence-corrected chi connectivity index (χ0v) is 9.76. The molecule has 4 nitrogen and oxygen atoms in total.